The van der Waals surface area contributed by atoms with E-state index < -0.39 is 5.82 Å². The van der Waals surface area contributed by atoms with Crippen LogP contribution in [0.4, 0.5) is 4.39 Å². The predicted octanol–water partition coefficient (Wildman–Crippen LogP) is 7.22. The van der Waals surface area contributed by atoms with Crippen LogP contribution in [-0.4, -0.2) is 23.1 Å². The Kier molecular flexibility index (Phi) is 6.56. The van der Waals surface area contributed by atoms with E-state index in [1.165, 1.54) is 5.56 Å². The molecule has 0 saturated heterocycles. The molecule has 0 radical (unpaired) electrons. The Hall–Kier alpha value is -3.67. The van der Waals surface area contributed by atoms with E-state index in [1.807, 2.05) is 36.4 Å². The van der Waals surface area contributed by atoms with E-state index in [2.05, 4.69) is 48.5 Å². The van der Waals surface area contributed by atoms with Gasteiger partial charge in [-0.2, -0.15) is 0 Å². The largest absolute Gasteiger partial charge is 0.485 e. The number of Topliss-reactive ketones (excluding diaryl/α,β-unsaturated/α-hetero) is 1. The molecule has 6 heteroatoms. The molecule has 0 spiro atoms. The normalized spacial score (nSPS) is 15.0. The van der Waals surface area contributed by atoms with Crippen molar-refractivity contribution in [2.75, 3.05) is 6.54 Å². The van der Waals surface area contributed by atoms with E-state index in [4.69, 9.17) is 14.9 Å². The van der Waals surface area contributed by atoms with Crippen LogP contribution in [0.3, 0.4) is 0 Å². The zero-order valence-electron chi connectivity index (χ0n) is 23.9. The number of amidine groups is 1. The Labute approximate surface area is 230 Å². The zero-order valence-corrected chi connectivity index (χ0v) is 23.9. The van der Waals surface area contributed by atoms with Gasteiger partial charge in [0.15, 0.2) is 23.1 Å². The third kappa shape index (κ3) is 4.93. The second-order valence-corrected chi connectivity index (χ2v) is 12.7. The highest BCUT2D eigenvalue weighted by Gasteiger charge is 2.34. The zero-order chi connectivity index (χ0) is 28.3. The van der Waals surface area contributed by atoms with Crippen LogP contribution in [0.1, 0.15) is 90.8 Å². The van der Waals surface area contributed by atoms with Gasteiger partial charge in [-0.15, -0.1) is 0 Å². The van der Waals surface area contributed by atoms with Crippen molar-refractivity contribution in [1.82, 2.24) is 4.90 Å². The Bertz CT molecular complexity index is 1460. The SMILES string of the molecule is Cc1c(C(C)(C)C)cc(C(=O)CN2Cc3cc4c(c(F)c3C2=N)OCc2ccccc2CO4)cc1C(C)(C)C. The van der Waals surface area contributed by atoms with E-state index in [0.717, 1.165) is 22.3 Å². The number of rotatable bonds is 3. The number of carbonyl (C=O) groups excluding carboxylic acids is 1. The molecule has 0 fully saturated rings. The lowest BCUT2D eigenvalue weighted by molar-refractivity contribution is 0.0962. The molecule has 5 nitrogen and oxygen atoms in total. The molecule has 0 unspecified atom stereocenters. The fourth-order valence-corrected chi connectivity index (χ4v) is 5.70. The Morgan fingerprint density at radius 3 is 2.05 bits per heavy atom. The van der Waals surface area contributed by atoms with Gasteiger partial charge in [0.2, 0.25) is 0 Å². The average molecular weight is 529 g/mol. The number of hydrogen-bond acceptors (Lipinski definition) is 4. The van der Waals surface area contributed by atoms with E-state index in [-0.39, 0.29) is 53.5 Å². The summed E-state index contributed by atoms with van der Waals surface area (Å²) in [6, 6.07) is 13.5. The van der Waals surface area contributed by atoms with Gasteiger partial charge in [0.05, 0.1) is 12.1 Å². The molecule has 3 aromatic carbocycles. The quantitative estimate of drug-likeness (QED) is 0.365. The number of ether oxygens (including phenoxy) is 2. The second-order valence-electron chi connectivity index (χ2n) is 12.7. The molecule has 2 heterocycles. The summed E-state index contributed by atoms with van der Waals surface area (Å²) in [5.74, 6) is -0.370. The molecule has 0 aromatic heterocycles. The summed E-state index contributed by atoms with van der Waals surface area (Å²) in [6.07, 6.45) is 0. The summed E-state index contributed by atoms with van der Waals surface area (Å²) in [6.45, 7) is 15.8. The van der Waals surface area contributed by atoms with E-state index in [9.17, 15) is 4.79 Å². The van der Waals surface area contributed by atoms with E-state index >= 15 is 4.39 Å². The molecule has 0 atom stereocenters. The van der Waals surface area contributed by atoms with Crippen LogP contribution >= 0.6 is 0 Å². The first-order chi connectivity index (χ1) is 18.3. The lowest BCUT2D eigenvalue weighted by Crippen LogP contribution is -2.31. The van der Waals surface area contributed by atoms with E-state index in [1.54, 1.807) is 11.0 Å². The van der Waals surface area contributed by atoms with Crippen LogP contribution in [0, 0.1) is 18.2 Å². The summed E-state index contributed by atoms with van der Waals surface area (Å²) in [7, 11) is 0. The maximum atomic E-state index is 15.8. The third-order valence-electron chi connectivity index (χ3n) is 7.74. The minimum atomic E-state index is -0.609. The first-order valence-corrected chi connectivity index (χ1v) is 13.5. The highest BCUT2D eigenvalue weighted by atomic mass is 19.1. The first kappa shape index (κ1) is 26.9. The lowest BCUT2D eigenvalue weighted by Gasteiger charge is -2.30. The minimum absolute atomic E-state index is 0.0103. The molecule has 0 aliphatic carbocycles. The fourth-order valence-electron chi connectivity index (χ4n) is 5.70. The number of hydrogen-bond donors (Lipinski definition) is 1. The monoisotopic (exact) mass is 528 g/mol. The molecular weight excluding hydrogens is 491 g/mol. The summed E-state index contributed by atoms with van der Waals surface area (Å²) in [5.41, 5.74) is 6.57. The maximum absolute atomic E-state index is 15.8. The van der Waals surface area contributed by atoms with Gasteiger partial charge >= 0.3 is 0 Å². The number of carbonyl (C=O) groups is 1. The molecule has 0 amide bonds. The Balaban J connectivity index is 1.44. The van der Waals surface area contributed by atoms with Crippen LogP contribution < -0.4 is 9.47 Å². The van der Waals surface area contributed by atoms with Gasteiger partial charge in [0, 0.05) is 12.1 Å². The molecular formula is C33H37FN2O3. The highest BCUT2D eigenvalue weighted by molar-refractivity contribution is 6.06. The molecule has 39 heavy (non-hydrogen) atoms. The van der Waals surface area contributed by atoms with Gasteiger partial charge in [-0.25, -0.2) is 4.39 Å². The van der Waals surface area contributed by atoms with Gasteiger partial charge in [-0.1, -0.05) is 65.8 Å². The summed E-state index contributed by atoms with van der Waals surface area (Å²) >= 11 is 0. The minimum Gasteiger partial charge on any atom is -0.485 e. The number of ketones is 1. The van der Waals surface area contributed by atoms with Crippen LogP contribution in [0.15, 0.2) is 42.5 Å². The van der Waals surface area contributed by atoms with Crippen molar-refractivity contribution in [3.8, 4) is 11.5 Å². The third-order valence-corrected chi connectivity index (χ3v) is 7.74. The van der Waals surface area contributed by atoms with Gasteiger partial charge in [-0.3, -0.25) is 10.2 Å². The number of nitrogens with one attached hydrogen (secondary N) is 1. The van der Waals surface area contributed by atoms with E-state index in [0.29, 0.717) is 23.5 Å². The van der Waals surface area contributed by atoms with Crippen molar-refractivity contribution in [3.05, 3.63) is 92.8 Å². The van der Waals surface area contributed by atoms with Crippen molar-refractivity contribution in [3.63, 3.8) is 0 Å². The molecule has 0 saturated carbocycles. The predicted molar refractivity (Wildman–Crippen MR) is 152 cm³/mol. The van der Waals surface area contributed by atoms with Gasteiger partial charge in [0.25, 0.3) is 0 Å². The average Bonchev–Trinajstić information content (AvgIpc) is 3.14. The number of fused-ring (bicyclic) bond motifs is 3. The number of benzene rings is 3. The smallest absolute Gasteiger partial charge is 0.198 e. The van der Waals surface area contributed by atoms with Crippen molar-refractivity contribution in [2.45, 2.75) is 79.1 Å². The molecule has 5 rings (SSSR count). The molecule has 0 bridgehead atoms. The maximum Gasteiger partial charge on any atom is 0.198 e. The van der Waals surface area contributed by atoms with Crippen molar-refractivity contribution in [1.29, 1.82) is 5.41 Å². The number of halogens is 1. The lowest BCUT2D eigenvalue weighted by atomic mass is 9.75. The van der Waals surface area contributed by atoms with Crippen molar-refractivity contribution >= 4 is 11.6 Å². The molecule has 3 aromatic rings. The first-order valence-electron chi connectivity index (χ1n) is 13.5. The highest BCUT2D eigenvalue weighted by Crippen LogP contribution is 2.41. The van der Waals surface area contributed by atoms with Crippen LogP contribution in [0.25, 0.3) is 0 Å². The summed E-state index contributed by atoms with van der Waals surface area (Å²) in [4.78, 5) is 15.3. The Morgan fingerprint density at radius 2 is 1.49 bits per heavy atom. The van der Waals surface area contributed by atoms with Gasteiger partial charge < -0.3 is 14.4 Å². The summed E-state index contributed by atoms with van der Waals surface area (Å²) in [5, 5.41) is 8.77. The fraction of sp³-hybridized carbons (Fsp3) is 0.394. The van der Waals surface area contributed by atoms with Crippen molar-refractivity contribution in [2.24, 2.45) is 0 Å². The standard InChI is InChI=1S/C33H37FN2O3/c1-19-24(32(2,3)4)12-22(13-25(19)33(5,6)7)26(37)16-36-15-23-14-27-30(29(34)28(23)31(36)35)39-18-21-11-9-8-10-20(21)17-38-27/h8-14,35H,15-18H2,1-7H3. The van der Waals surface area contributed by atoms with Gasteiger partial charge in [-0.05, 0) is 69.3 Å². The molecule has 2 aliphatic rings. The van der Waals surface area contributed by atoms with Crippen LogP contribution in [0.2, 0.25) is 0 Å². The topological polar surface area (TPSA) is 62.6 Å². The van der Waals surface area contributed by atoms with Gasteiger partial charge in [0.1, 0.15) is 19.0 Å². The second kappa shape index (κ2) is 9.51. The van der Waals surface area contributed by atoms with Crippen LogP contribution in [-0.2, 0) is 30.6 Å². The number of nitrogens with zero attached hydrogens (tertiary/aromatic N) is 1. The summed E-state index contributed by atoms with van der Waals surface area (Å²) < 4.78 is 27.6. The molecule has 2 aliphatic heterocycles. The molecule has 1 N–H and O–H groups in total. The Morgan fingerprint density at radius 1 is 0.923 bits per heavy atom. The van der Waals surface area contributed by atoms with Crippen molar-refractivity contribution < 1.29 is 18.7 Å². The molecule has 204 valence electrons. The van der Waals surface area contributed by atoms with Crippen LogP contribution in [0.5, 0.6) is 11.5 Å².